The second-order valence-electron chi connectivity index (χ2n) is 13.4. The van der Waals surface area contributed by atoms with Gasteiger partial charge in [0.1, 0.15) is 11.9 Å². The van der Waals surface area contributed by atoms with Crippen LogP contribution in [0, 0.1) is 39.4 Å². The Kier molecular flexibility index (Phi) is 6.60. The molecule has 208 valence electrons. The molecule has 1 saturated carbocycles. The summed E-state index contributed by atoms with van der Waals surface area (Å²) in [6.07, 6.45) is -0.0598. The van der Waals surface area contributed by atoms with Crippen LogP contribution < -0.4 is 0 Å². The van der Waals surface area contributed by atoms with Crippen molar-refractivity contribution < 1.29 is 39.3 Å². The summed E-state index contributed by atoms with van der Waals surface area (Å²) >= 11 is 0. The van der Waals surface area contributed by atoms with Gasteiger partial charge in [-0.15, -0.1) is 0 Å². The molecule has 4 aliphatic carbocycles. The van der Waals surface area contributed by atoms with E-state index in [9.17, 15) is 34.2 Å². The van der Waals surface area contributed by atoms with Crippen molar-refractivity contribution in [2.24, 2.45) is 39.4 Å². The third-order valence-corrected chi connectivity index (χ3v) is 10.9. The number of carboxylic acid groups (broad SMARTS) is 1. The Morgan fingerprint density at radius 3 is 2.18 bits per heavy atom. The van der Waals surface area contributed by atoms with Gasteiger partial charge in [0.15, 0.2) is 17.3 Å². The van der Waals surface area contributed by atoms with E-state index in [1.165, 1.54) is 13.0 Å². The van der Waals surface area contributed by atoms with Crippen molar-refractivity contribution in [3.63, 3.8) is 0 Å². The van der Waals surface area contributed by atoms with Crippen molar-refractivity contribution in [3.8, 4) is 0 Å². The molecule has 0 heterocycles. The lowest BCUT2D eigenvalue weighted by atomic mass is 9.42. The zero-order valence-corrected chi connectivity index (χ0v) is 23.4. The molecule has 0 aliphatic heterocycles. The number of allylic oxidation sites excluding steroid dienone is 2. The van der Waals surface area contributed by atoms with Crippen LogP contribution in [0.15, 0.2) is 22.8 Å². The lowest BCUT2D eigenvalue weighted by Crippen LogP contribution is -2.64. The average Bonchev–Trinajstić information content (AvgIpc) is 3.03. The van der Waals surface area contributed by atoms with Gasteiger partial charge in [0.05, 0.1) is 17.4 Å². The summed E-state index contributed by atoms with van der Waals surface area (Å²) < 4.78 is 0. The van der Waals surface area contributed by atoms with Crippen molar-refractivity contribution in [3.05, 3.63) is 22.8 Å². The van der Waals surface area contributed by atoms with E-state index in [1.807, 2.05) is 20.8 Å². The third-order valence-electron chi connectivity index (χ3n) is 10.9. The number of rotatable bonds is 6. The minimum atomic E-state index is -1.60. The predicted octanol–water partition coefficient (Wildman–Crippen LogP) is 3.23. The molecular weight excluding hydrogens is 488 g/mol. The summed E-state index contributed by atoms with van der Waals surface area (Å²) in [6.45, 7) is 12.2. The van der Waals surface area contributed by atoms with E-state index in [4.69, 9.17) is 5.11 Å². The van der Waals surface area contributed by atoms with Gasteiger partial charge in [0.25, 0.3) is 0 Å². The maximum absolute atomic E-state index is 14.1. The van der Waals surface area contributed by atoms with E-state index < -0.39 is 57.5 Å². The highest BCUT2D eigenvalue weighted by atomic mass is 16.4. The van der Waals surface area contributed by atoms with E-state index >= 15 is 0 Å². The number of fused-ring (bicyclic) bond motifs is 4. The number of hydrogen-bond acceptors (Lipinski definition) is 7. The number of hydrogen-bond donors (Lipinski definition) is 3. The van der Waals surface area contributed by atoms with Crippen LogP contribution >= 0.6 is 0 Å². The number of Topliss-reactive ketones (excluding diaryl/α,β-unsaturated/α-hetero) is 3. The van der Waals surface area contributed by atoms with E-state index in [1.54, 1.807) is 20.8 Å². The van der Waals surface area contributed by atoms with Crippen LogP contribution in [0.25, 0.3) is 0 Å². The minimum absolute atomic E-state index is 0.0466. The van der Waals surface area contributed by atoms with Crippen LogP contribution in [-0.2, 0) is 24.0 Å². The summed E-state index contributed by atoms with van der Waals surface area (Å²) in [6, 6.07) is 0. The van der Waals surface area contributed by atoms with Crippen LogP contribution in [0.5, 0.6) is 0 Å². The first-order valence-electron chi connectivity index (χ1n) is 13.6. The molecule has 3 N–H and O–H groups in total. The van der Waals surface area contributed by atoms with Gasteiger partial charge in [-0.1, -0.05) is 47.1 Å². The second-order valence-corrected chi connectivity index (χ2v) is 13.4. The van der Waals surface area contributed by atoms with E-state index in [0.29, 0.717) is 18.4 Å². The molecule has 0 aromatic rings. The van der Waals surface area contributed by atoms with Crippen LogP contribution in [0.1, 0.15) is 80.6 Å². The Labute approximate surface area is 223 Å². The van der Waals surface area contributed by atoms with E-state index in [-0.39, 0.29) is 53.7 Å². The summed E-state index contributed by atoms with van der Waals surface area (Å²) in [5.74, 6) is -4.34. The molecule has 8 heteroatoms. The van der Waals surface area contributed by atoms with Crippen LogP contribution in [0.3, 0.4) is 0 Å². The number of aliphatic hydroxyl groups excluding tert-OH is 2. The molecule has 0 aromatic carbocycles. The SMILES string of the molecule is C[C@H](CC(=O)C[C@H](C)C(=O)O)C1=CC(=O)[C@@]2(C)C3=C(C(=O)[C@@H](O)[C@]12C)[C@@]1(C)CC[C@H](O)C(C)(C)[C@H]1CC3=O. The first-order valence-corrected chi connectivity index (χ1v) is 13.6. The number of carboxylic acids is 1. The number of aliphatic carboxylic acids is 1. The molecule has 0 unspecified atom stereocenters. The van der Waals surface area contributed by atoms with Crippen LogP contribution in [0.2, 0.25) is 0 Å². The number of carbonyl (C=O) groups excluding carboxylic acids is 4. The Hall–Kier alpha value is -2.45. The summed E-state index contributed by atoms with van der Waals surface area (Å²) in [5.41, 5.74) is -3.50. The molecule has 0 saturated heterocycles. The maximum atomic E-state index is 14.1. The lowest BCUT2D eigenvalue weighted by Gasteiger charge is -2.60. The first-order chi connectivity index (χ1) is 17.4. The Morgan fingerprint density at radius 2 is 1.61 bits per heavy atom. The molecule has 8 atom stereocenters. The van der Waals surface area contributed by atoms with Gasteiger partial charge in [0.2, 0.25) is 0 Å². The van der Waals surface area contributed by atoms with Crippen LogP contribution in [0.4, 0.5) is 0 Å². The van der Waals surface area contributed by atoms with Crippen molar-refractivity contribution in [1.29, 1.82) is 0 Å². The topological polar surface area (TPSA) is 146 Å². The predicted molar refractivity (Wildman–Crippen MR) is 138 cm³/mol. The highest BCUT2D eigenvalue weighted by Crippen LogP contribution is 2.68. The molecule has 0 amide bonds. The Balaban J connectivity index is 1.81. The smallest absolute Gasteiger partial charge is 0.306 e. The molecule has 0 aromatic heterocycles. The molecule has 8 nitrogen and oxygen atoms in total. The van der Waals surface area contributed by atoms with Gasteiger partial charge in [-0.2, -0.15) is 0 Å². The van der Waals surface area contributed by atoms with Gasteiger partial charge >= 0.3 is 5.97 Å². The Bertz CT molecular complexity index is 1210. The molecule has 4 rings (SSSR count). The summed E-state index contributed by atoms with van der Waals surface area (Å²) in [7, 11) is 0. The fourth-order valence-corrected chi connectivity index (χ4v) is 8.28. The normalized spacial score (nSPS) is 39.7. The highest BCUT2D eigenvalue weighted by molar-refractivity contribution is 6.20. The van der Waals surface area contributed by atoms with Crippen molar-refractivity contribution in [1.82, 2.24) is 0 Å². The number of ketones is 4. The van der Waals surface area contributed by atoms with Gasteiger partial charge < -0.3 is 15.3 Å². The quantitative estimate of drug-likeness (QED) is 0.476. The molecule has 0 spiro atoms. The standard InChI is InChI=1S/C30H40O8/c1-14(10-16(31)11-15(2)26(37)38)17-12-21(34)30(7)22-18(32)13-19-27(3,4)20(33)8-9-28(19,5)23(22)24(35)25(36)29(17,30)6/h12,14-15,19-20,25,33,36H,8-11,13H2,1-7H3,(H,37,38)/t14-,15+,19-,20+,25-,28+,29+,30+/m1/s1. The number of carbonyl (C=O) groups is 5. The molecule has 4 aliphatic rings. The summed E-state index contributed by atoms with van der Waals surface area (Å²) in [5, 5.41) is 31.6. The van der Waals surface area contributed by atoms with Crippen LogP contribution in [-0.4, -0.2) is 56.6 Å². The average molecular weight is 529 g/mol. The molecule has 1 fully saturated rings. The van der Waals surface area contributed by atoms with Gasteiger partial charge in [-0.05, 0) is 43.1 Å². The lowest BCUT2D eigenvalue weighted by molar-refractivity contribution is -0.153. The summed E-state index contributed by atoms with van der Waals surface area (Å²) in [4.78, 5) is 65.6. The highest BCUT2D eigenvalue weighted by Gasteiger charge is 2.71. The fraction of sp³-hybridized carbons (Fsp3) is 0.700. The van der Waals surface area contributed by atoms with Crippen molar-refractivity contribution in [2.75, 3.05) is 0 Å². The fourth-order valence-electron chi connectivity index (χ4n) is 8.28. The second kappa shape index (κ2) is 8.78. The van der Waals surface area contributed by atoms with Gasteiger partial charge in [-0.25, -0.2) is 0 Å². The van der Waals surface area contributed by atoms with Gasteiger partial charge in [0, 0.05) is 41.2 Å². The maximum Gasteiger partial charge on any atom is 0.306 e. The number of aliphatic hydroxyl groups is 2. The zero-order valence-electron chi connectivity index (χ0n) is 23.4. The zero-order chi connectivity index (χ0) is 28.7. The largest absolute Gasteiger partial charge is 0.481 e. The molecular formula is C30H40O8. The monoisotopic (exact) mass is 528 g/mol. The van der Waals surface area contributed by atoms with E-state index in [2.05, 4.69) is 0 Å². The molecule has 0 radical (unpaired) electrons. The molecule has 0 bridgehead atoms. The third kappa shape index (κ3) is 3.52. The van der Waals surface area contributed by atoms with E-state index in [0.717, 1.165) is 0 Å². The molecule has 38 heavy (non-hydrogen) atoms. The van der Waals surface area contributed by atoms with Crippen molar-refractivity contribution in [2.45, 2.75) is 92.8 Å². The first kappa shape index (κ1) is 28.6. The van der Waals surface area contributed by atoms with Crippen molar-refractivity contribution >= 4 is 29.1 Å². The minimum Gasteiger partial charge on any atom is -0.481 e. The van der Waals surface area contributed by atoms with Gasteiger partial charge in [-0.3, -0.25) is 24.0 Å². The Morgan fingerprint density at radius 1 is 1.00 bits per heavy atom.